The number of hydrogen-bond acceptors (Lipinski definition) is 4. The largest absolute Gasteiger partial charge is 0.496 e. The number of carbonyl (C=O) groups is 1. The monoisotopic (exact) mass is 270 g/mol. The van der Waals surface area contributed by atoms with Gasteiger partial charge in [0, 0.05) is 4.90 Å². The molecular formula is C12H18O3SSi. The third kappa shape index (κ3) is 3.78. The van der Waals surface area contributed by atoms with Crippen LogP contribution in [0.1, 0.15) is 10.4 Å². The molecule has 5 heteroatoms. The number of benzene rings is 1. The maximum atomic E-state index is 10.9. The lowest BCUT2D eigenvalue weighted by Crippen LogP contribution is -2.13. The first-order chi connectivity index (χ1) is 7.91. The molecule has 0 radical (unpaired) electrons. The summed E-state index contributed by atoms with van der Waals surface area (Å²) in [6.07, 6.45) is 0.782. The number of ether oxygens (including phenoxy) is 2. The lowest BCUT2D eigenvalue weighted by molar-refractivity contribution is 0.112. The molecule has 0 aliphatic rings. The molecular weight excluding hydrogens is 252 g/mol. The Morgan fingerprint density at radius 1 is 1.12 bits per heavy atom. The zero-order valence-electron chi connectivity index (χ0n) is 10.9. The average molecular weight is 270 g/mol. The van der Waals surface area contributed by atoms with E-state index in [1.165, 1.54) is 0 Å². The van der Waals surface area contributed by atoms with Crippen molar-refractivity contribution in [2.75, 3.05) is 14.2 Å². The molecule has 0 spiro atoms. The molecule has 0 N–H and O–H groups in total. The highest BCUT2D eigenvalue weighted by Crippen LogP contribution is 2.39. The second kappa shape index (κ2) is 5.60. The van der Waals surface area contributed by atoms with Crippen molar-refractivity contribution in [3.63, 3.8) is 0 Å². The van der Waals surface area contributed by atoms with Gasteiger partial charge in [-0.3, -0.25) is 4.79 Å². The molecule has 0 saturated carbocycles. The van der Waals surface area contributed by atoms with Crippen LogP contribution in [0.5, 0.6) is 11.5 Å². The fourth-order valence-electron chi connectivity index (χ4n) is 1.40. The van der Waals surface area contributed by atoms with Crippen molar-refractivity contribution in [3.8, 4) is 11.5 Å². The Labute approximate surface area is 107 Å². The molecule has 0 bridgehead atoms. The van der Waals surface area contributed by atoms with E-state index in [0.29, 0.717) is 11.3 Å². The molecule has 17 heavy (non-hydrogen) atoms. The van der Waals surface area contributed by atoms with E-state index < -0.39 is 7.22 Å². The van der Waals surface area contributed by atoms with Crippen LogP contribution in [0.15, 0.2) is 17.0 Å². The molecule has 0 amide bonds. The van der Waals surface area contributed by atoms with Crippen molar-refractivity contribution < 1.29 is 14.3 Å². The summed E-state index contributed by atoms with van der Waals surface area (Å²) >= 11 is 1.82. The Morgan fingerprint density at radius 2 is 1.71 bits per heavy atom. The third-order valence-corrected chi connectivity index (χ3v) is 5.71. The van der Waals surface area contributed by atoms with Gasteiger partial charge >= 0.3 is 0 Å². The van der Waals surface area contributed by atoms with Gasteiger partial charge in [0.2, 0.25) is 0 Å². The van der Waals surface area contributed by atoms with Crippen LogP contribution in [-0.2, 0) is 0 Å². The molecule has 0 heterocycles. The van der Waals surface area contributed by atoms with Crippen molar-refractivity contribution in [2.24, 2.45) is 0 Å². The summed E-state index contributed by atoms with van der Waals surface area (Å²) in [7, 11) is 1.87. The zero-order chi connectivity index (χ0) is 13.1. The number of methoxy groups -OCH3 is 2. The summed E-state index contributed by atoms with van der Waals surface area (Å²) < 4.78 is 10.5. The summed E-state index contributed by atoms with van der Waals surface area (Å²) in [5.74, 6) is 1.34. The Hall–Kier alpha value is -0.943. The second-order valence-electron chi connectivity index (χ2n) is 4.58. The van der Waals surface area contributed by atoms with E-state index in [0.717, 1.165) is 16.9 Å². The fraction of sp³-hybridized carbons (Fsp3) is 0.417. The predicted octanol–water partition coefficient (Wildman–Crippen LogP) is 3.44. The predicted molar refractivity (Wildman–Crippen MR) is 74.1 cm³/mol. The van der Waals surface area contributed by atoms with Crippen molar-refractivity contribution >= 4 is 24.7 Å². The smallest absolute Gasteiger partial charge is 0.153 e. The number of aldehydes is 1. The van der Waals surface area contributed by atoms with Crippen molar-refractivity contribution in [2.45, 2.75) is 24.5 Å². The van der Waals surface area contributed by atoms with E-state index in [2.05, 4.69) is 19.6 Å². The Kier molecular flexibility index (Phi) is 4.65. The highest BCUT2D eigenvalue weighted by atomic mass is 32.4. The highest BCUT2D eigenvalue weighted by Gasteiger charge is 2.19. The van der Waals surface area contributed by atoms with Crippen LogP contribution >= 0.6 is 11.2 Å². The maximum absolute atomic E-state index is 10.9. The fourth-order valence-corrected chi connectivity index (χ4v) is 4.92. The molecule has 0 fully saturated rings. The summed E-state index contributed by atoms with van der Waals surface area (Å²) in [5, 5.41) is 0. The van der Waals surface area contributed by atoms with Crippen LogP contribution in [0.2, 0.25) is 19.6 Å². The standard InChI is InChI=1S/C12H18O3SSi/c1-14-10-7-12(16-17(3,4)5)11(15-2)6-9(10)8-13/h6-8H,1-5H3. The first-order valence-electron chi connectivity index (χ1n) is 5.31. The van der Waals surface area contributed by atoms with Crippen LogP contribution in [-0.4, -0.2) is 27.7 Å². The minimum Gasteiger partial charge on any atom is -0.496 e. The molecule has 94 valence electrons. The van der Waals surface area contributed by atoms with Gasteiger partial charge in [-0.05, 0) is 12.1 Å². The maximum Gasteiger partial charge on any atom is 0.153 e. The van der Waals surface area contributed by atoms with E-state index >= 15 is 0 Å². The topological polar surface area (TPSA) is 35.5 Å². The first kappa shape index (κ1) is 14.1. The zero-order valence-corrected chi connectivity index (χ0v) is 12.7. The van der Waals surface area contributed by atoms with Crippen LogP contribution in [0.3, 0.4) is 0 Å². The van der Waals surface area contributed by atoms with Gasteiger partial charge < -0.3 is 9.47 Å². The quantitative estimate of drug-likeness (QED) is 0.606. The van der Waals surface area contributed by atoms with Gasteiger partial charge in [-0.2, -0.15) is 0 Å². The highest BCUT2D eigenvalue weighted by molar-refractivity contribution is 8.28. The molecule has 0 aliphatic heterocycles. The van der Waals surface area contributed by atoms with E-state index in [1.807, 2.05) is 17.3 Å². The number of rotatable bonds is 5. The van der Waals surface area contributed by atoms with Crippen LogP contribution in [0.4, 0.5) is 0 Å². The number of carbonyl (C=O) groups excluding carboxylic acids is 1. The molecule has 0 unspecified atom stereocenters. The molecule has 0 aromatic heterocycles. The molecule has 0 aliphatic carbocycles. The lowest BCUT2D eigenvalue weighted by atomic mass is 10.2. The molecule has 1 aromatic rings. The Bertz CT molecular complexity index is 413. The first-order valence-corrected chi connectivity index (χ1v) is 10.4. The van der Waals surface area contributed by atoms with E-state index in [1.54, 1.807) is 20.3 Å². The molecule has 0 saturated heterocycles. The van der Waals surface area contributed by atoms with E-state index in [-0.39, 0.29) is 0 Å². The van der Waals surface area contributed by atoms with Gasteiger partial charge in [-0.15, -0.1) is 11.2 Å². The molecule has 1 rings (SSSR count). The summed E-state index contributed by atoms with van der Waals surface area (Å²) in [6.45, 7) is 6.78. The van der Waals surface area contributed by atoms with Gasteiger partial charge in [0.25, 0.3) is 0 Å². The number of hydrogen-bond donors (Lipinski definition) is 0. The van der Waals surface area contributed by atoms with Gasteiger partial charge in [-0.1, -0.05) is 19.6 Å². The summed E-state index contributed by atoms with van der Waals surface area (Å²) in [4.78, 5) is 12.0. The Balaban J connectivity index is 3.23. The lowest BCUT2D eigenvalue weighted by Gasteiger charge is -2.18. The van der Waals surface area contributed by atoms with E-state index in [4.69, 9.17) is 9.47 Å². The molecule has 3 nitrogen and oxygen atoms in total. The Morgan fingerprint density at radius 3 is 2.12 bits per heavy atom. The summed E-state index contributed by atoms with van der Waals surface area (Å²) in [6, 6.07) is 3.61. The normalized spacial score (nSPS) is 11.1. The SMILES string of the molecule is COc1cc(S[Si](C)(C)C)c(OC)cc1C=O. The second-order valence-corrected chi connectivity index (χ2v) is 13.7. The van der Waals surface area contributed by atoms with Gasteiger partial charge in [0.05, 0.1) is 19.8 Å². The summed E-state index contributed by atoms with van der Waals surface area (Å²) in [5.41, 5.74) is 0.518. The van der Waals surface area contributed by atoms with Crippen molar-refractivity contribution in [1.29, 1.82) is 0 Å². The van der Waals surface area contributed by atoms with Crippen LogP contribution in [0, 0.1) is 0 Å². The van der Waals surface area contributed by atoms with Crippen LogP contribution in [0.25, 0.3) is 0 Å². The minimum atomic E-state index is -1.32. The minimum absolute atomic E-state index is 0.518. The van der Waals surface area contributed by atoms with Crippen molar-refractivity contribution in [1.82, 2.24) is 0 Å². The van der Waals surface area contributed by atoms with Gasteiger partial charge in [0.15, 0.2) is 6.29 Å². The van der Waals surface area contributed by atoms with Crippen LogP contribution < -0.4 is 9.47 Å². The van der Waals surface area contributed by atoms with Crippen molar-refractivity contribution in [3.05, 3.63) is 17.7 Å². The van der Waals surface area contributed by atoms with E-state index in [9.17, 15) is 4.79 Å². The molecule has 0 atom stereocenters. The van der Waals surface area contributed by atoms with Gasteiger partial charge in [0.1, 0.15) is 18.7 Å². The molecule has 1 aromatic carbocycles. The third-order valence-electron chi connectivity index (χ3n) is 2.06. The average Bonchev–Trinajstić information content (AvgIpc) is 2.26. The van der Waals surface area contributed by atoms with Gasteiger partial charge in [-0.25, -0.2) is 0 Å².